The summed E-state index contributed by atoms with van der Waals surface area (Å²) in [6.07, 6.45) is 10.7. The van der Waals surface area contributed by atoms with Crippen LogP contribution >= 0.6 is 0 Å². The maximum Gasteiger partial charge on any atom is 0.191 e. The molecule has 2 N–H and O–H groups in total. The summed E-state index contributed by atoms with van der Waals surface area (Å²) in [5, 5.41) is 7.11. The fraction of sp³-hybridized carbons (Fsp3) is 0.947. The molecular weight excluding hydrogens is 284 g/mol. The van der Waals surface area contributed by atoms with Gasteiger partial charge in [-0.1, -0.05) is 33.6 Å². The minimum atomic E-state index is 0.422. The minimum absolute atomic E-state index is 0.422. The molecule has 23 heavy (non-hydrogen) atoms. The highest BCUT2D eigenvalue weighted by Gasteiger charge is 2.27. The van der Waals surface area contributed by atoms with E-state index in [2.05, 4.69) is 41.3 Å². The summed E-state index contributed by atoms with van der Waals surface area (Å²) in [5.41, 5.74) is 0.422. The Hall–Kier alpha value is -0.770. The molecule has 1 aliphatic heterocycles. The lowest BCUT2D eigenvalue weighted by Crippen LogP contribution is -2.50. The summed E-state index contributed by atoms with van der Waals surface area (Å²) >= 11 is 0. The van der Waals surface area contributed by atoms with E-state index in [0.717, 1.165) is 18.5 Å². The SMILES string of the molecule is CN=C(NCCCC(C)(C)C)NC1CCN(C2CCCC2)CC1. The zero-order chi connectivity index (χ0) is 16.7. The van der Waals surface area contributed by atoms with E-state index in [-0.39, 0.29) is 0 Å². The highest BCUT2D eigenvalue weighted by molar-refractivity contribution is 5.79. The van der Waals surface area contributed by atoms with Crippen molar-refractivity contribution >= 4 is 5.96 Å². The first-order valence-electron chi connectivity index (χ1n) is 9.69. The maximum atomic E-state index is 4.39. The normalized spacial score (nSPS) is 22.5. The third-order valence-corrected chi connectivity index (χ3v) is 5.33. The monoisotopic (exact) mass is 322 g/mol. The van der Waals surface area contributed by atoms with Gasteiger partial charge in [0.15, 0.2) is 5.96 Å². The van der Waals surface area contributed by atoms with Gasteiger partial charge < -0.3 is 15.5 Å². The summed E-state index contributed by atoms with van der Waals surface area (Å²) in [7, 11) is 1.88. The van der Waals surface area contributed by atoms with Crippen molar-refractivity contribution in [2.75, 3.05) is 26.7 Å². The standard InChI is InChI=1S/C19H38N4/c1-19(2,3)12-7-13-21-18(20-4)22-16-10-14-23(15-11-16)17-8-5-6-9-17/h16-17H,5-15H2,1-4H3,(H2,20,21,22). The lowest BCUT2D eigenvalue weighted by molar-refractivity contribution is 0.150. The van der Waals surface area contributed by atoms with Crippen LogP contribution in [0.3, 0.4) is 0 Å². The van der Waals surface area contributed by atoms with E-state index in [4.69, 9.17) is 0 Å². The molecule has 1 heterocycles. The number of nitrogens with zero attached hydrogens (tertiary/aromatic N) is 2. The quantitative estimate of drug-likeness (QED) is 0.463. The Morgan fingerprint density at radius 1 is 1.09 bits per heavy atom. The third kappa shape index (κ3) is 6.70. The molecule has 134 valence electrons. The number of aliphatic imine (C=N–C) groups is 1. The first kappa shape index (κ1) is 18.6. The average Bonchev–Trinajstić information content (AvgIpc) is 3.04. The number of likely N-dealkylation sites (tertiary alicyclic amines) is 1. The van der Waals surface area contributed by atoms with Crippen LogP contribution in [-0.2, 0) is 0 Å². The van der Waals surface area contributed by atoms with Crippen molar-refractivity contribution in [2.24, 2.45) is 10.4 Å². The smallest absolute Gasteiger partial charge is 0.191 e. The van der Waals surface area contributed by atoms with E-state index in [0.29, 0.717) is 11.5 Å². The number of hydrogen-bond donors (Lipinski definition) is 2. The number of nitrogens with one attached hydrogen (secondary N) is 2. The molecule has 0 aromatic carbocycles. The van der Waals surface area contributed by atoms with Crippen molar-refractivity contribution in [3.63, 3.8) is 0 Å². The van der Waals surface area contributed by atoms with Gasteiger partial charge in [0.1, 0.15) is 0 Å². The van der Waals surface area contributed by atoms with E-state index in [1.165, 1.54) is 64.5 Å². The molecule has 1 saturated carbocycles. The van der Waals surface area contributed by atoms with Crippen molar-refractivity contribution in [3.8, 4) is 0 Å². The molecule has 2 fully saturated rings. The third-order valence-electron chi connectivity index (χ3n) is 5.33. The van der Waals surface area contributed by atoms with Crippen molar-refractivity contribution in [1.29, 1.82) is 0 Å². The van der Waals surface area contributed by atoms with Gasteiger partial charge in [-0.15, -0.1) is 0 Å². The van der Waals surface area contributed by atoms with Crippen LogP contribution in [0.5, 0.6) is 0 Å². The van der Waals surface area contributed by atoms with Gasteiger partial charge in [0, 0.05) is 38.8 Å². The summed E-state index contributed by atoms with van der Waals surface area (Å²) in [6, 6.07) is 1.47. The zero-order valence-electron chi connectivity index (χ0n) is 15.8. The molecule has 0 unspecified atom stereocenters. The van der Waals surface area contributed by atoms with Gasteiger partial charge >= 0.3 is 0 Å². The van der Waals surface area contributed by atoms with Gasteiger partial charge in [0.25, 0.3) is 0 Å². The minimum Gasteiger partial charge on any atom is -0.356 e. The number of hydrogen-bond acceptors (Lipinski definition) is 2. The Kier molecular flexibility index (Phi) is 7.19. The first-order chi connectivity index (χ1) is 11.0. The summed E-state index contributed by atoms with van der Waals surface area (Å²) in [4.78, 5) is 7.12. The second kappa shape index (κ2) is 8.91. The molecule has 0 atom stereocenters. The molecule has 2 aliphatic rings. The summed E-state index contributed by atoms with van der Waals surface area (Å²) in [5.74, 6) is 0.984. The van der Waals surface area contributed by atoms with Gasteiger partial charge in [0.05, 0.1) is 0 Å². The van der Waals surface area contributed by atoms with Crippen LogP contribution in [0, 0.1) is 5.41 Å². The van der Waals surface area contributed by atoms with E-state index >= 15 is 0 Å². The lowest BCUT2D eigenvalue weighted by Gasteiger charge is -2.36. The van der Waals surface area contributed by atoms with Crippen molar-refractivity contribution < 1.29 is 0 Å². The Morgan fingerprint density at radius 2 is 1.74 bits per heavy atom. The highest BCUT2D eigenvalue weighted by Crippen LogP contribution is 2.26. The second-order valence-corrected chi connectivity index (χ2v) is 8.56. The molecule has 0 spiro atoms. The van der Waals surface area contributed by atoms with E-state index in [1.807, 2.05) is 7.05 Å². The summed E-state index contributed by atoms with van der Waals surface area (Å²) in [6.45, 7) is 10.4. The highest BCUT2D eigenvalue weighted by atomic mass is 15.2. The largest absolute Gasteiger partial charge is 0.356 e. The Labute approximate surface area is 143 Å². The zero-order valence-corrected chi connectivity index (χ0v) is 15.8. The molecule has 4 nitrogen and oxygen atoms in total. The predicted molar refractivity (Wildman–Crippen MR) is 100 cm³/mol. The molecule has 2 rings (SSSR count). The van der Waals surface area contributed by atoms with Gasteiger partial charge in [0.2, 0.25) is 0 Å². The molecule has 1 aliphatic carbocycles. The molecule has 0 aromatic heterocycles. The molecule has 0 bridgehead atoms. The van der Waals surface area contributed by atoms with Crippen molar-refractivity contribution in [1.82, 2.24) is 15.5 Å². The predicted octanol–water partition coefficient (Wildman–Crippen LogP) is 3.38. The van der Waals surface area contributed by atoms with Crippen LogP contribution in [0.1, 0.15) is 72.1 Å². The molecule has 4 heteroatoms. The lowest BCUT2D eigenvalue weighted by atomic mass is 9.91. The van der Waals surface area contributed by atoms with Crippen LogP contribution in [0.25, 0.3) is 0 Å². The van der Waals surface area contributed by atoms with Crippen LogP contribution in [0.2, 0.25) is 0 Å². The first-order valence-corrected chi connectivity index (χ1v) is 9.69. The van der Waals surface area contributed by atoms with Gasteiger partial charge in [-0.25, -0.2) is 0 Å². The molecule has 0 radical (unpaired) electrons. The summed E-state index contributed by atoms with van der Waals surface area (Å²) < 4.78 is 0. The van der Waals surface area contributed by atoms with Crippen molar-refractivity contribution in [3.05, 3.63) is 0 Å². The Bertz CT molecular complexity index is 358. The van der Waals surface area contributed by atoms with Crippen LogP contribution in [-0.4, -0.2) is 49.6 Å². The average molecular weight is 323 g/mol. The Morgan fingerprint density at radius 3 is 2.30 bits per heavy atom. The molecular formula is C19H38N4. The molecule has 1 saturated heterocycles. The Balaban J connectivity index is 1.63. The van der Waals surface area contributed by atoms with E-state index in [1.54, 1.807) is 0 Å². The number of piperidine rings is 1. The van der Waals surface area contributed by atoms with E-state index in [9.17, 15) is 0 Å². The molecule has 0 aromatic rings. The maximum absolute atomic E-state index is 4.39. The number of rotatable bonds is 5. The van der Waals surface area contributed by atoms with Crippen molar-refractivity contribution in [2.45, 2.75) is 84.2 Å². The van der Waals surface area contributed by atoms with Gasteiger partial charge in [-0.2, -0.15) is 0 Å². The topological polar surface area (TPSA) is 39.7 Å². The van der Waals surface area contributed by atoms with Crippen LogP contribution in [0.4, 0.5) is 0 Å². The fourth-order valence-corrected chi connectivity index (χ4v) is 3.89. The van der Waals surface area contributed by atoms with Crippen LogP contribution in [0.15, 0.2) is 4.99 Å². The number of guanidine groups is 1. The van der Waals surface area contributed by atoms with Gasteiger partial charge in [-0.05, 0) is 43.9 Å². The fourth-order valence-electron chi connectivity index (χ4n) is 3.89. The van der Waals surface area contributed by atoms with Gasteiger partial charge in [-0.3, -0.25) is 4.99 Å². The van der Waals surface area contributed by atoms with Crippen LogP contribution < -0.4 is 10.6 Å². The second-order valence-electron chi connectivity index (χ2n) is 8.56. The van der Waals surface area contributed by atoms with E-state index < -0.39 is 0 Å². The molecule has 0 amide bonds.